The number of aliphatic hydroxyl groups excluding tert-OH is 1. The van der Waals surface area contributed by atoms with Crippen molar-refractivity contribution in [2.75, 3.05) is 26.2 Å². The molecule has 2 aromatic carbocycles. The number of piperidine rings is 1. The van der Waals surface area contributed by atoms with Gasteiger partial charge in [0, 0.05) is 31.0 Å². The molecule has 0 bridgehead atoms. The highest BCUT2D eigenvalue weighted by molar-refractivity contribution is 5.61. The van der Waals surface area contributed by atoms with Gasteiger partial charge in [-0.15, -0.1) is 0 Å². The molecule has 1 N–H and O–H groups in total. The number of aliphatic hydroxyl groups is 1. The van der Waals surface area contributed by atoms with Gasteiger partial charge in [-0.3, -0.25) is 0 Å². The maximum atomic E-state index is 9.35. The van der Waals surface area contributed by atoms with Gasteiger partial charge in [0.25, 0.3) is 0 Å². The summed E-state index contributed by atoms with van der Waals surface area (Å²) in [7, 11) is 0. The third kappa shape index (κ3) is 5.14. The fraction of sp³-hybridized carbons (Fsp3) is 0.400. The van der Waals surface area contributed by atoms with Gasteiger partial charge in [0.2, 0.25) is 0 Å². The average Bonchev–Trinajstić information content (AvgIpc) is 3.20. The molecule has 0 amide bonds. The Hall–Kier alpha value is -2.43. The second-order valence-electron chi connectivity index (χ2n) is 8.05. The molecule has 0 radical (unpaired) electrons. The molecule has 0 saturated carbocycles. The van der Waals surface area contributed by atoms with Crippen LogP contribution in [0.1, 0.15) is 24.1 Å². The molecular formula is C25H31N3O. The molecule has 0 spiro atoms. The van der Waals surface area contributed by atoms with Crippen LogP contribution < -0.4 is 0 Å². The van der Waals surface area contributed by atoms with E-state index in [9.17, 15) is 5.11 Å². The summed E-state index contributed by atoms with van der Waals surface area (Å²) in [6, 6.07) is 21.2. The first-order valence-corrected chi connectivity index (χ1v) is 10.8. The molecule has 1 aliphatic rings. The Morgan fingerprint density at radius 2 is 1.55 bits per heavy atom. The number of aryl methyl sites for hydroxylation is 1. The summed E-state index contributed by atoms with van der Waals surface area (Å²) in [4.78, 5) is 7.32. The summed E-state index contributed by atoms with van der Waals surface area (Å²) >= 11 is 0. The lowest BCUT2D eigenvalue weighted by atomic mass is 9.98. The van der Waals surface area contributed by atoms with Gasteiger partial charge in [0.05, 0.1) is 12.0 Å². The first-order chi connectivity index (χ1) is 14.3. The lowest BCUT2D eigenvalue weighted by Crippen LogP contribution is -2.36. The molecule has 152 valence electrons. The highest BCUT2D eigenvalue weighted by atomic mass is 16.3. The summed E-state index contributed by atoms with van der Waals surface area (Å²) < 4.78 is 2.35. The van der Waals surface area contributed by atoms with Crippen molar-refractivity contribution in [1.29, 1.82) is 0 Å². The highest BCUT2D eigenvalue weighted by Gasteiger charge is 2.19. The average molecular weight is 390 g/mol. The standard InChI is InChI=1S/C25H31N3O/c29-19-22-13-15-27(16-14-22)17-18-28-20-26-25(23-9-5-2-6-10-23)24(28)12-11-21-7-3-1-4-8-21/h1-10,20,22,29H,11-19H2. The number of benzene rings is 2. The third-order valence-corrected chi connectivity index (χ3v) is 6.11. The highest BCUT2D eigenvalue weighted by Crippen LogP contribution is 2.24. The number of hydrogen-bond acceptors (Lipinski definition) is 3. The normalized spacial score (nSPS) is 15.6. The first-order valence-electron chi connectivity index (χ1n) is 10.8. The lowest BCUT2D eigenvalue weighted by Gasteiger charge is -2.31. The van der Waals surface area contributed by atoms with E-state index in [0.717, 1.165) is 57.6 Å². The first kappa shape index (κ1) is 19.9. The van der Waals surface area contributed by atoms with E-state index in [1.807, 2.05) is 6.33 Å². The number of hydrogen-bond donors (Lipinski definition) is 1. The van der Waals surface area contributed by atoms with Gasteiger partial charge in [0.15, 0.2) is 0 Å². The predicted molar refractivity (Wildman–Crippen MR) is 118 cm³/mol. The van der Waals surface area contributed by atoms with Gasteiger partial charge in [-0.1, -0.05) is 60.7 Å². The van der Waals surface area contributed by atoms with Crippen molar-refractivity contribution in [1.82, 2.24) is 14.5 Å². The smallest absolute Gasteiger partial charge is 0.0956 e. The van der Waals surface area contributed by atoms with Gasteiger partial charge in [-0.25, -0.2) is 4.98 Å². The number of nitrogens with zero attached hydrogens (tertiary/aromatic N) is 3. The topological polar surface area (TPSA) is 41.3 Å². The fourth-order valence-electron chi connectivity index (χ4n) is 4.25. The van der Waals surface area contributed by atoms with Crippen LogP contribution in [-0.2, 0) is 19.4 Å². The Bertz CT molecular complexity index is 868. The third-order valence-electron chi connectivity index (χ3n) is 6.11. The summed E-state index contributed by atoms with van der Waals surface area (Å²) in [5.41, 5.74) is 4.99. The van der Waals surface area contributed by atoms with Crippen LogP contribution >= 0.6 is 0 Å². The second-order valence-corrected chi connectivity index (χ2v) is 8.05. The zero-order valence-electron chi connectivity index (χ0n) is 17.1. The molecule has 1 fully saturated rings. The van der Waals surface area contributed by atoms with Crippen LogP contribution in [0.4, 0.5) is 0 Å². The molecule has 29 heavy (non-hydrogen) atoms. The van der Waals surface area contributed by atoms with E-state index in [2.05, 4.69) is 70.1 Å². The van der Waals surface area contributed by atoms with Crippen LogP contribution in [0.15, 0.2) is 67.0 Å². The van der Waals surface area contributed by atoms with E-state index in [4.69, 9.17) is 4.98 Å². The molecule has 1 aliphatic heterocycles. The second kappa shape index (κ2) is 9.86. The monoisotopic (exact) mass is 389 g/mol. The summed E-state index contributed by atoms with van der Waals surface area (Å²) in [6.07, 6.45) is 6.24. The maximum absolute atomic E-state index is 9.35. The Morgan fingerprint density at radius 1 is 0.862 bits per heavy atom. The van der Waals surface area contributed by atoms with E-state index < -0.39 is 0 Å². The van der Waals surface area contributed by atoms with Crippen LogP contribution in [0, 0.1) is 5.92 Å². The van der Waals surface area contributed by atoms with Gasteiger partial charge in [-0.05, 0) is 50.3 Å². The van der Waals surface area contributed by atoms with E-state index >= 15 is 0 Å². The predicted octanol–water partition coefficient (Wildman–Crippen LogP) is 4.04. The Balaban J connectivity index is 1.48. The Labute approximate surface area is 173 Å². The van der Waals surface area contributed by atoms with Gasteiger partial charge in [-0.2, -0.15) is 0 Å². The Kier molecular flexibility index (Phi) is 6.75. The van der Waals surface area contributed by atoms with Crippen LogP contribution in [0.5, 0.6) is 0 Å². The Morgan fingerprint density at radius 3 is 2.24 bits per heavy atom. The van der Waals surface area contributed by atoms with Crippen LogP contribution in [0.25, 0.3) is 11.3 Å². The van der Waals surface area contributed by atoms with Crippen molar-refractivity contribution in [3.63, 3.8) is 0 Å². The SMILES string of the molecule is OCC1CCN(CCn2cnc(-c3ccccc3)c2CCc2ccccc2)CC1. The molecule has 3 aromatic rings. The summed E-state index contributed by atoms with van der Waals surface area (Å²) in [5, 5.41) is 9.35. The van der Waals surface area contributed by atoms with E-state index in [0.29, 0.717) is 12.5 Å². The van der Waals surface area contributed by atoms with Crippen LogP contribution in [-0.4, -0.2) is 45.8 Å². The van der Waals surface area contributed by atoms with Crippen molar-refractivity contribution in [2.45, 2.75) is 32.2 Å². The van der Waals surface area contributed by atoms with E-state index in [-0.39, 0.29) is 0 Å². The van der Waals surface area contributed by atoms with Crippen molar-refractivity contribution < 1.29 is 5.11 Å². The molecule has 1 aromatic heterocycles. The zero-order valence-corrected chi connectivity index (χ0v) is 17.1. The number of imidazole rings is 1. The summed E-state index contributed by atoms with van der Waals surface area (Å²) in [6.45, 7) is 4.52. The lowest BCUT2D eigenvalue weighted by molar-refractivity contribution is 0.129. The number of aromatic nitrogens is 2. The van der Waals surface area contributed by atoms with Crippen molar-refractivity contribution in [2.24, 2.45) is 5.92 Å². The molecule has 4 nitrogen and oxygen atoms in total. The van der Waals surface area contributed by atoms with Crippen molar-refractivity contribution in [3.05, 3.63) is 78.2 Å². The minimum atomic E-state index is 0.333. The molecule has 4 heteroatoms. The number of likely N-dealkylation sites (tertiary alicyclic amines) is 1. The van der Waals surface area contributed by atoms with E-state index in [1.54, 1.807) is 0 Å². The molecule has 0 atom stereocenters. The maximum Gasteiger partial charge on any atom is 0.0956 e. The van der Waals surface area contributed by atoms with Crippen molar-refractivity contribution >= 4 is 0 Å². The molecule has 4 rings (SSSR count). The fourth-order valence-corrected chi connectivity index (χ4v) is 4.25. The van der Waals surface area contributed by atoms with Crippen molar-refractivity contribution in [3.8, 4) is 11.3 Å². The van der Waals surface area contributed by atoms with Crippen LogP contribution in [0.2, 0.25) is 0 Å². The van der Waals surface area contributed by atoms with Gasteiger partial charge < -0.3 is 14.6 Å². The number of rotatable bonds is 8. The molecule has 1 saturated heterocycles. The van der Waals surface area contributed by atoms with E-state index in [1.165, 1.54) is 16.8 Å². The molecule has 0 aliphatic carbocycles. The largest absolute Gasteiger partial charge is 0.396 e. The van der Waals surface area contributed by atoms with Gasteiger partial charge >= 0.3 is 0 Å². The van der Waals surface area contributed by atoms with Crippen LogP contribution in [0.3, 0.4) is 0 Å². The summed E-state index contributed by atoms with van der Waals surface area (Å²) in [5.74, 6) is 0.491. The molecule has 0 unspecified atom stereocenters. The minimum Gasteiger partial charge on any atom is -0.396 e. The minimum absolute atomic E-state index is 0.333. The molecule has 2 heterocycles. The van der Waals surface area contributed by atoms with Gasteiger partial charge in [0.1, 0.15) is 0 Å². The quantitative estimate of drug-likeness (QED) is 0.632. The molecular weight excluding hydrogens is 358 g/mol. The zero-order chi connectivity index (χ0) is 19.9.